The Labute approximate surface area is 123 Å². The van der Waals surface area contributed by atoms with E-state index in [9.17, 15) is 0 Å². The number of nitrogens with zero attached hydrogens (tertiary/aromatic N) is 4. The minimum absolute atomic E-state index is 0.431. The van der Waals surface area contributed by atoms with Crippen LogP contribution in [-0.4, -0.2) is 32.7 Å². The standard InChI is InChI=1S/C16H17N5/c1-3-12(9-17-7-1)14-5-6-15-19-16(20-21(15)11-14)13-4-2-8-18-10-13/h1,3,5-7,9,11,13,18H,2,4,8,10H2/t13-/m0/s1. The highest BCUT2D eigenvalue weighted by Crippen LogP contribution is 2.22. The second-order valence-electron chi connectivity index (χ2n) is 5.48. The topological polar surface area (TPSA) is 55.1 Å². The highest BCUT2D eigenvalue weighted by atomic mass is 15.3. The van der Waals surface area contributed by atoms with Gasteiger partial charge in [0.15, 0.2) is 11.5 Å². The van der Waals surface area contributed by atoms with Gasteiger partial charge >= 0.3 is 0 Å². The molecule has 1 fully saturated rings. The molecule has 0 radical (unpaired) electrons. The SMILES string of the molecule is c1cncc(-c2ccc3nc([C@H]4CCCNC4)nn3c2)c1. The maximum absolute atomic E-state index is 4.67. The zero-order valence-electron chi connectivity index (χ0n) is 11.7. The lowest BCUT2D eigenvalue weighted by Crippen LogP contribution is -2.28. The Bertz CT molecular complexity index is 744. The van der Waals surface area contributed by atoms with Gasteiger partial charge in [0, 0.05) is 42.2 Å². The average molecular weight is 279 g/mol. The van der Waals surface area contributed by atoms with Crippen molar-refractivity contribution in [2.45, 2.75) is 18.8 Å². The molecule has 106 valence electrons. The largest absolute Gasteiger partial charge is 0.316 e. The highest BCUT2D eigenvalue weighted by Gasteiger charge is 2.19. The van der Waals surface area contributed by atoms with Crippen LogP contribution in [0.25, 0.3) is 16.8 Å². The first kappa shape index (κ1) is 12.5. The predicted octanol–water partition coefficient (Wildman–Crippen LogP) is 2.26. The van der Waals surface area contributed by atoms with Crippen molar-refractivity contribution >= 4 is 5.65 Å². The van der Waals surface area contributed by atoms with Crippen molar-refractivity contribution in [3.8, 4) is 11.1 Å². The molecule has 3 aromatic rings. The lowest BCUT2D eigenvalue weighted by Gasteiger charge is -2.19. The van der Waals surface area contributed by atoms with Crippen LogP contribution >= 0.6 is 0 Å². The molecule has 1 atom stereocenters. The number of piperidine rings is 1. The van der Waals surface area contributed by atoms with Crippen molar-refractivity contribution in [2.24, 2.45) is 0 Å². The van der Waals surface area contributed by atoms with E-state index in [1.165, 1.54) is 12.8 Å². The molecule has 1 aliphatic heterocycles. The summed E-state index contributed by atoms with van der Waals surface area (Å²) in [5, 5.41) is 8.09. The molecule has 0 aliphatic carbocycles. The number of rotatable bonds is 2. The van der Waals surface area contributed by atoms with Crippen molar-refractivity contribution in [3.05, 3.63) is 48.7 Å². The maximum atomic E-state index is 4.67. The minimum Gasteiger partial charge on any atom is -0.316 e. The first-order valence-corrected chi connectivity index (χ1v) is 7.37. The van der Waals surface area contributed by atoms with Crippen LogP contribution in [0.3, 0.4) is 0 Å². The molecular weight excluding hydrogens is 262 g/mol. The molecule has 1 saturated heterocycles. The number of nitrogens with one attached hydrogen (secondary N) is 1. The van der Waals surface area contributed by atoms with Gasteiger partial charge < -0.3 is 5.32 Å². The Hall–Kier alpha value is -2.27. The summed E-state index contributed by atoms with van der Waals surface area (Å²) < 4.78 is 1.88. The van der Waals surface area contributed by atoms with Crippen molar-refractivity contribution in [2.75, 3.05) is 13.1 Å². The number of hydrogen-bond acceptors (Lipinski definition) is 4. The van der Waals surface area contributed by atoms with Crippen LogP contribution in [0, 0.1) is 0 Å². The lowest BCUT2D eigenvalue weighted by molar-refractivity contribution is 0.447. The third-order valence-electron chi connectivity index (χ3n) is 4.00. The van der Waals surface area contributed by atoms with E-state index in [1.54, 1.807) is 6.20 Å². The molecule has 0 amide bonds. The van der Waals surface area contributed by atoms with Crippen LogP contribution < -0.4 is 5.32 Å². The molecule has 1 aliphatic rings. The summed E-state index contributed by atoms with van der Waals surface area (Å²) in [5.74, 6) is 1.38. The van der Waals surface area contributed by atoms with Gasteiger partial charge in [0.1, 0.15) is 0 Å². The third kappa shape index (κ3) is 2.40. The molecular formula is C16H17N5. The van der Waals surface area contributed by atoms with Gasteiger partial charge in [-0.05, 0) is 37.6 Å². The Morgan fingerprint density at radius 1 is 1.19 bits per heavy atom. The van der Waals surface area contributed by atoms with Crippen molar-refractivity contribution in [1.82, 2.24) is 24.9 Å². The Morgan fingerprint density at radius 2 is 2.19 bits per heavy atom. The van der Waals surface area contributed by atoms with Crippen LogP contribution in [0.4, 0.5) is 0 Å². The fourth-order valence-electron chi connectivity index (χ4n) is 2.85. The molecule has 4 heterocycles. The highest BCUT2D eigenvalue weighted by molar-refractivity contribution is 5.63. The molecule has 0 saturated carbocycles. The van der Waals surface area contributed by atoms with Gasteiger partial charge in [0.25, 0.3) is 0 Å². The third-order valence-corrected chi connectivity index (χ3v) is 4.00. The molecule has 5 heteroatoms. The predicted molar refractivity (Wildman–Crippen MR) is 81.1 cm³/mol. The van der Waals surface area contributed by atoms with Crippen LogP contribution in [-0.2, 0) is 0 Å². The second-order valence-corrected chi connectivity index (χ2v) is 5.48. The van der Waals surface area contributed by atoms with E-state index in [2.05, 4.69) is 32.5 Å². The van der Waals surface area contributed by atoms with Crippen molar-refractivity contribution in [1.29, 1.82) is 0 Å². The monoisotopic (exact) mass is 279 g/mol. The first-order chi connectivity index (χ1) is 10.4. The van der Waals surface area contributed by atoms with E-state index in [0.29, 0.717) is 5.92 Å². The maximum Gasteiger partial charge on any atom is 0.156 e. The molecule has 5 nitrogen and oxygen atoms in total. The van der Waals surface area contributed by atoms with E-state index >= 15 is 0 Å². The van der Waals surface area contributed by atoms with E-state index < -0.39 is 0 Å². The Balaban J connectivity index is 1.71. The number of aromatic nitrogens is 4. The quantitative estimate of drug-likeness (QED) is 0.782. The van der Waals surface area contributed by atoms with Gasteiger partial charge in [-0.15, -0.1) is 0 Å². The van der Waals surface area contributed by atoms with E-state index in [4.69, 9.17) is 0 Å². The Morgan fingerprint density at radius 3 is 3.00 bits per heavy atom. The van der Waals surface area contributed by atoms with E-state index in [0.717, 1.165) is 35.7 Å². The summed E-state index contributed by atoms with van der Waals surface area (Å²) >= 11 is 0. The van der Waals surface area contributed by atoms with Gasteiger partial charge in [0.2, 0.25) is 0 Å². The second kappa shape index (κ2) is 5.26. The van der Waals surface area contributed by atoms with Gasteiger partial charge in [-0.25, -0.2) is 9.50 Å². The fraction of sp³-hybridized carbons (Fsp3) is 0.312. The number of fused-ring (bicyclic) bond motifs is 1. The molecule has 1 N–H and O–H groups in total. The molecule has 0 unspecified atom stereocenters. The summed E-state index contributed by atoms with van der Waals surface area (Å²) in [4.78, 5) is 8.83. The molecule has 3 aromatic heterocycles. The zero-order chi connectivity index (χ0) is 14.1. The summed E-state index contributed by atoms with van der Waals surface area (Å²) in [6, 6.07) is 8.09. The molecule has 0 bridgehead atoms. The molecule has 21 heavy (non-hydrogen) atoms. The number of hydrogen-bond donors (Lipinski definition) is 1. The van der Waals surface area contributed by atoms with E-state index in [1.807, 2.05) is 29.0 Å². The summed E-state index contributed by atoms with van der Waals surface area (Å²) in [7, 11) is 0. The van der Waals surface area contributed by atoms with Crippen LogP contribution in [0.1, 0.15) is 24.6 Å². The van der Waals surface area contributed by atoms with Gasteiger partial charge in [-0.3, -0.25) is 4.98 Å². The first-order valence-electron chi connectivity index (χ1n) is 7.37. The smallest absolute Gasteiger partial charge is 0.156 e. The lowest BCUT2D eigenvalue weighted by atomic mass is 9.99. The number of pyridine rings is 2. The summed E-state index contributed by atoms with van der Waals surface area (Å²) in [6.07, 6.45) is 8.04. The molecule has 0 spiro atoms. The normalized spacial score (nSPS) is 19.0. The van der Waals surface area contributed by atoms with Crippen molar-refractivity contribution < 1.29 is 0 Å². The zero-order valence-corrected chi connectivity index (χ0v) is 11.7. The summed E-state index contributed by atoms with van der Waals surface area (Å²) in [5.41, 5.74) is 3.10. The van der Waals surface area contributed by atoms with Gasteiger partial charge in [-0.2, -0.15) is 5.10 Å². The minimum atomic E-state index is 0.431. The molecule has 4 rings (SSSR count). The fourth-order valence-corrected chi connectivity index (χ4v) is 2.85. The van der Waals surface area contributed by atoms with Crippen LogP contribution in [0.15, 0.2) is 42.9 Å². The Kier molecular flexibility index (Phi) is 3.12. The summed E-state index contributed by atoms with van der Waals surface area (Å²) in [6.45, 7) is 2.08. The van der Waals surface area contributed by atoms with Gasteiger partial charge in [-0.1, -0.05) is 6.07 Å². The van der Waals surface area contributed by atoms with Crippen molar-refractivity contribution in [3.63, 3.8) is 0 Å². The molecule has 0 aromatic carbocycles. The van der Waals surface area contributed by atoms with E-state index in [-0.39, 0.29) is 0 Å². The average Bonchev–Trinajstić information content (AvgIpc) is 2.99. The van der Waals surface area contributed by atoms with Crippen LogP contribution in [0.2, 0.25) is 0 Å². The van der Waals surface area contributed by atoms with Crippen LogP contribution in [0.5, 0.6) is 0 Å². The van der Waals surface area contributed by atoms with Gasteiger partial charge in [0.05, 0.1) is 0 Å².